The molecule has 110 valence electrons. The van der Waals surface area contributed by atoms with Crippen LogP contribution in [0.2, 0.25) is 0 Å². The van der Waals surface area contributed by atoms with Gasteiger partial charge in [-0.05, 0) is 45.5 Å². The van der Waals surface area contributed by atoms with Crippen LogP contribution < -0.4 is 0 Å². The van der Waals surface area contributed by atoms with Crippen molar-refractivity contribution < 1.29 is 9.63 Å². The van der Waals surface area contributed by atoms with E-state index in [0.717, 1.165) is 31.5 Å². The van der Waals surface area contributed by atoms with E-state index in [1.165, 1.54) is 0 Å². The quantitative estimate of drug-likeness (QED) is 0.633. The SMILES string of the molecule is CN(C)CC1CCC/C1=N\OC(=O)c1ccccc1.Cl. The summed E-state index contributed by atoms with van der Waals surface area (Å²) in [6.07, 6.45) is 3.18. The van der Waals surface area contributed by atoms with Crippen LogP contribution in [0.3, 0.4) is 0 Å². The number of nitrogens with zero attached hydrogens (tertiary/aromatic N) is 2. The van der Waals surface area contributed by atoms with Crippen LogP contribution in [0.4, 0.5) is 0 Å². The van der Waals surface area contributed by atoms with Crippen LogP contribution in [0.15, 0.2) is 35.5 Å². The van der Waals surface area contributed by atoms with Crippen molar-refractivity contribution in [3.8, 4) is 0 Å². The first kappa shape index (κ1) is 16.7. The summed E-state index contributed by atoms with van der Waals surface area (Å²) < 4.78 is 0. The second kappa shape index (κ2) is 8.02. The second-order valence-corrected chi connectivity index (χ2v) is 5.18. The zero-order valence-electron chi connectivity index (χ0n) is 11.9. The number of rotatable bonds is 4. The third-order valence-corrected chi connectivity index (χ3v) is 3.30. The summed E-state index contributed by atoms with van der Waals surface area (Å²) in [5, 5.41) is 4.07. The van der Waals surface area contributed by atoms with Crippen molar-refractivity contribution in [1.82, 2.24) is 4.90 Å². The van der Waals surface area contributed by atoms with Crippen LogP contribution in [0.1, 0.15) is 29.6 Å². The molecule has 0 amide bonds. The van der Waals surface area contributed by atoms with Crippen molar-refractivity contribution in [3.05, 3.63) is 35.9 Å². The topological polar surface area (TPSA) is 41.9 Å². The molecule has 1 atom stereocenters. The summed E-state index contributed by atoms with van der Waals surface area (Å²) in [6, 6.07) is 8.96. The summed E-state index contributed by atoms with van der Waals surface area (Å²) >= 11 is 0. The Bertz CT molecular complexity index is 460. The Morgan fingerprint density at radius 1 is 1.35 bits per heavy atom. The summed E-state index contributed by atoms with van der Waals surface area (Å²) in [7, 11) is 4.10. The normalized spacial score (nSPS) is 19.9. The summed E-state index contributed by atoms with van der Waals surface area (Å²) in [5.74, 6) is 0.0298. The lowest BCUT2D eigenvalue weighted by Crippen LogP contribution is -2.24. The molecule has 0 bridgehead atoms. The zero-order chi connectivity index (χ0) is 13.7. The minimum Gasteiger partial charge on any atom is -0.313 e. The Hall–Kier alpha value is -1.39. The van der Waals surface area contributed by atoms with Crippen LogP contribution in [0.5, 0.6) is 0 Å². The predicted octanol–water partition coefficient (Wildman–Crippen LogP) is 2.98. The molecule has 1 fully saturated rings. The number of carbonyl (C=O) groups is 1. The van der Waals surface area contributed by atoms with Crippen molar-refractivity contribution in [2.75, 3.05) is 20.6 Å². The lowest BCUT2D eigenvalue weighted by molar-refractivity contribution is 0.0513. The van der Waals surface area contributed by atoms with E-state index in [0.29, 0.717) is 11.5 Å². The lowest BCUT2D eigenvalue weighted by atomic mass is 10.1. The second-order valence-electron chi connectivity index (χ2n) is 5.18. The van der Waals surface area contributed by atoms with Crippen LogP contribution in [0.25, 0.3) is 0 Å². The highest BCUT2D eigenvalue weighted by atomic mass is 35.5. The fourth-order valence-corrected chi connectivity index (χ4v) is 2.38. The Labute approximate surface area is 126 Å². The molecule has 1 aromatic carbocycles. The maximum atomic E-state index is 11.8. The number of benzene rings is 1. The van der Waals surface area contributed by atoms with E-state index >= 15 is 0 Å². The van der Waals surface area contributed by atoms with Gasteiger partial charge in [-0.3, -0.25) is 0 Å². The van der Waals surface area contributed by atoms with Crippen LogP contribution in [0, 0.1) is 5.92 Å². The Morgan fingerprint density at radius 2 is 2.05 bits per heavy atom. The molecule has 0 spiro atoms. The maximum Gasteiger partial charge on any atom is 0.365 e. The highest BCUT2D eigenvalue weighted by Gasteiger charge is 2.24. The average Bonchev–Trinajstić information content (AvgIpc) is 2.83. The van der Waals surface area contributed by atoms with E-state index < -0.39 is 0 Å². The number of hydrogen-bond acceptors (Lipinski definition) is 4. The molecule has 20 heavy (non-hydrogen) atoms. The van der Waals surface area contributed by atoms with Crippen LogP contribution >= 0.6 is 12.4 Å². The molecule has 0 aliphatic heterocycles. The highest BCUT2D eigenvalue weighted by Crippen LogP contribution is 2.23. The van der Waals surface area contributed by atoms with Gasteiger partial charge in [0.2, 0.25) is 0 Å². The monoisotopic (exact) mass is 296 g/mol. The first-order chi connectivity index (χ1) is 9.16. The Balaban J connectivity index is 0.00000200. The fourth-order valence-electron chi connectivity index (χ4n) is 2.38. The van der Waals surface area contributed by atoms with Crippen molar-refractivity contribution in [2.24, 2.45) is 11.1 Å². The third-order valence-electron chi connectivity index (χ3n) is 3.30. The molecule has 0 saturated heterocycles. The van der Waals surface area contributed by atoms with Gasteiger partial charge in [0.15, 0.2) is 0 Å². The number of halogens is 1. The van der Waals surface area contributed by atoms with Gasteiger partial charge in [0.25, 0.3) is 0 Å². The molecule has 1 aromatic rings. The standard InChI is InChI=1S/C15H20N2O2.ClH/c1-17(2)11-13-9-6-10-14(13)16-19-15(18)12-7-4-3-5-8-12;/h3-5,7-8,13H,6,9-11H2,1-2H3;1H/b16-14+;. The van der Waals surface area contributed by atoms with Crippen LogP contribution in [-0.4, -0.2) is 37.2 Å². The first-order valence-corrected chi connectivity index (χ1v) is 6.64. The zero-order valence-corrected chi connectivity index (χ0v) is 12.7. The molecule has 0 aromatic heterocycles. The van der Waals surface area contributed by atoms with Crippen molar-refractivity contribution in [1.29, 1.82) is 0 Å². The van der Waals surface area contributed by atoms with E-state index in [9.17, 15) is 4.79 Å². The van der Waals surface area contributed by atoms with Gasteiger partial charge in [0, 0.05) is 12.5 Å². The number of carbonyl (C=O) groups excluding carboxylic acids is 1. The molecular formula is C15H21ClN2O2. The van der Waals surface area contributed by atoms with E-state index in [-0.39, 0.29) is 18.4 Å². The Kier molecular flexibility index (Phi) is 6.68. The Morgan fingerprint density at radius 3 is 2.70 bits per heavy atom. The van der Waals surface area contributed by atoms with Gasteiger partial charge < -0.3 is 9.74 Å². The van der Waals surface area contributed by atoms with Gasteiger partial charge in [-0.2, -0.15) is 0 Å². The van der Waals surface area contributed by atoms with Gasteiger partial charge >= 0.3 is 5.97 Å². The molecule has 0 heterocycles. The molecule has 0 radical (unpaired) electrons. The summed E-state index contributed by atoms with van der Waals surface area (Å²) in [5.41, 5.74) is 1.55. The van der Waals surface area contributed by atoms with Crippen LogP contribution in [-0.2, 0) is 4.84 Å². The van der Waals surface area contributed by atoms with Gasteiger partial charge in [0.1, 0.15) is 0 Å². The average molecular weight is 297 g/mol. The van der Waals surface area contributed by atoms with Crippen molar-refractivity contribution in [3.63, 3.8) is 0 Å². The highest BCUT2D eigenvalue weighted by molar-refractivity contribution is 5.92. The van der Waals surface area contributed by atoms with Gasteiger partial charge in [-0.1, -0.05) is 23.4 Å². The molecule has 0 N–H and O–H groups in total. The van der Waals surface area contributed by atoms with Gasteiger partial charge in [0.05, 0.1) is 11.3 Å². The molecule has 2 rings (SSSR count). The molecule has 1 aliphatic carbocycles. The van der Waals surface area contributed by atoms with Crippen molar-refractivity contribution >= 4 is 24.1 Å². The largest absolute Gasteiger partial charge is 0.365 e. The van der Waals surface area contributed by atoms with Crippen molar-refractivity contribution in [2.45, 2.75) is 19.3 Å². The van der Waals surface area contributed by atoms with Gasteiger partial charge in [-0.25, -0.2) is 4.79 Å². The molecule has 1 saturated carbocycles. The van der Waals surface area contributed by atoms with E-state index in [2.05, 4.69) is 10.1 Å². The first-order valence-electron chi connectivity index (χ1n) is 6.64. The van der Waals surface area contributed by atoms with Gasteiger partial charge in [-0.15, -0.1) is 12.4 Å². The molecule has 1 aliphatic rings. The smallest absolute Gasteiger partial charge is 0.313 e. The number of hydrogen-bond donors (Lipinski definition) is 0. The van der Waals surface area contributed by atoms with E-state index in [1.807, 2.05) is 32.3 Å². The fraction of sp³-hybridized carbons (Fsp3) is 0.467. The molecular weight excluding hydrogens is 276 g/mol. The van der Waals surface area contributed by atoms with E-state index in [4.69, 9.17) is 4.84 Å². The molecule has 5 heteroatoms. The minimum absolute atomic E-state index is 0. The predicted molar refractivity (Wildman–Crippen MR) is 82.4 cm³/mol. The molecule has 4 nitrogen and oxygen atoms in total. The summed E-state index contributed by atoms with van der Waals surface area (Å²) in [4.78, 5) is 19.0. The van der Waals surface area contributed by atoms with E-state index in [1.54, 1.807) is 12.1 Å². The summed E-state index contributed by atoms with van der Waals surface area (Å²) in [6.45, 7) is 0.960. The minimum atomic E-state index is -0.386. The number of oxime groups is 1. The maximum absolute atomic E-state index is 11.8. The third kappa shape index (κ3) is 4.62. The lowest BCUT2D eigenvalue weighted by Gasteiger charge is -2.15. The molecule has 1 unspecified atom stereocenters.